The highest BCUT2D eigenvalue weighted by Gasteiger charge is 2.40. The number of carboxylic acids is 2. The lowest BCUT2D eigenvalue weighted by molar-refractivity contribution is -0.163. The molecule has 0 amide bonds. The molecular weight excluding hydrogens is 208 g/mol. The highest BCUT2D eigenvalue weighted by molar-refractivity contribution is 5.97. The third-order valence-electron chi connectivity index (χ3n) is 2.47. The van der Waals surface area contributed by atoms with Crippen molar-refractivity contribution < 1.29 is 19.8 Å². The quantitative estimate of drug-likeness (QED) is 0.390. The number of unbranched alkanes of at least 4 members (excludes halogenated alkanes) is 3. The fourth-order valence-corrected chi connectivity index (χ4v) is 1.21. The van der Waals surface area contributed by atoms with Crippen molar-refractivity contribution in [2.45, 2.75) is 46.0 Å². The Labute approximate surface area is 106 Å². The molecule has 0 aliphatic rings. The van der Waals surface area contributed by atoms with Gasteiger partial charge in [-0.1, -0.05) is 32.6 Å². The number of carboxylic acid groups (broad SMARTS) is 2. The molecule has 0 aliphatic heterocycles. The Hall–Kier alpha value is -0.294. The molecule has 86 valence electrons. The van der Waals surface area contributed by atoms with Gasteiger partial charge in [0, 0.05) is 0 Å². The van der Waals surface area contributed by atoms with Gasteiger partial charge < -0.3 is 10.2 Å². The van der Waals surface area contributed by atoms with E-state index in [2.05, 4.69) is 0 Å². The van der Waals surface area contributed by atoms with Crippen LogP contribution in [-0.2, 0) is 9.59 Å². The summed E-state index contributed by atoms with van der Waals surface area (Å²) in [5.74, 6) is -2.50. The van der Waals surface area contributed by atoms with E-state index in [4.69, 9.17) is 10.2 Å². The van der Waals surface area contributed by atoms with Gasteiger partial charge >= 0.3 is 35.0 Å². The summed E-state index contributed by atoms with van der Waals surface area (Å²) in [5.41, 5.74) is -1.62. The van der Waals surface area contributed by atoms with Gasteiger partial charge in [-0.3, -0.25) is 9.59 Å². The highest BCUT2D eigenvalue weighted by Crippen LogP contribution is 2.25. The van der Waals surface area contributed by atoms with Gasteiger partial charge in [0.1, 0.15) is 0 Å². The number of hydrogen-bond donors (Lipinski definition) is 2. The summed E-state index contributed by atoms with van der Waals surface area (Å²) in [6, 6.07) is 0. The molecule has 4 nitrogen and oxygen atoms in total. The fourth-order valence-electron chi connectivity index (χ4n) is 1.21. The summed E-state index contributed by atoms with van der Waals surface area (Å²) >= 11 is 0. The van der Waals surface area contributed by atoms with Crippen LogP contribution < -0.4 is 0 Å². The van der Waals surface area contributed by atoms with Crippen molar-refractivity contribution in [3.8, 4) is 0 Å². The number of carbonyl (C=O) groups is 2. The molecule has 0 fully saturated rings. The Morgan fingerprint density at radius 1 is 1.07 bits per heavy atom. The average molecular weight is 229 g/mol. The molecule has 0 radical (unpaired) electrons. The lowest BCUT2D eigenvalue weighted by Gasteiger charge is -2.18. The third kappa shape index (κ3) is 5.37. The van der Waals surface area contributed by atoms with Gasteiger partial charge in [-0.15, -0.1) is 0 Å². The second kappa shape index (κ2) is 7.93. The molecular formula is C10H20MgO4. The van der Waals surface area contributed by atoms with Crippen molar-refractivity contribution >= 4 is 35.0 Å². The number of aliphatic carboxylic acids is 2. The van der Waals surface area contributed by atoms with E-state index >= 15 is 0 Å². The third-order valence-corrected chi connectivity index (χ3v) is 2.47. The lowest BCUT2D eigenvalue weighted by atomic mass is 9.85. The number of hydrogen-bond acceptors (Lipinski definition) is 2. The van der Waals surface area contributed by atoms with E-state index in [1.165, 1.54) is 6.92 Å². The Balaban J connectivity index is 0. The van der Waals surface area contributed by atoms with Crippen LogP contribution in [0.3, 0.4) is 0 Å². The van der Waals surface area contributed by atoms with Crippen molar-refractivity contribution in [3.05, 3.63) is 0 Å². The predicted octanol–water partition coefficient (Wildman–Crippen LogP) is 1.22. The standard InChI is InChI=1S/C10H18O4.Mg.2H/c1-3-4-5-6-7-10(2,8(11)12)9(13)14;;;/h3-7H2,1-2H3,(H,11,12)(H,13,14);;;. The molecule has 0 bridgehead atoms. The summed E-state index contributed by atoms with van der Waals surface area (Å²) in [6.07, 6.45) is 3.83. The van der Waals surface area contributed by atoms with Gasteiger partial charge in [0.25, 0.3) is 0 Å². The van der Waals surface area contributed by atoms with Crippen molar-refractivity contribution in [2.24, 2.45) is 5.41 Å². The molecule has 0 aromatic carbocycles. The van der Waals surface area contributed by atoms with Crippen LogP contribution in [0.15, 0.2) is 0 Å². The van der Waals surface area contributed by atoms with Crippen LogP contribution in [0.25, 0.3) is 0 Å². The summed E-state index contributed by atoms with van der Waals surface area (Å²) in [5, 5.41) is 17.6. The van der Waals surface area contributed by atoms with Crippen LogP contribution in [0.1, 0.15) is 46.0 Å². The first-order chi connectivity index (χ1) is 6.45. The van der Waals surface area contributed by atoms with Crippen molar-refractivity contribution in [1.82, 2.24) is 0 Å². The summed E-state index contributed by atoms with van der Waals surface area (Å²) in [6.45, 7) is 3.32. The van der Waals surface area contributed by atoms with E-state index in [0.29, 0.717) is 6.42 Å². The van der Waals surface area contributed by atoms with Crippen molar-refractivity contribution in [2.75, 3.05) is 0 Å². The van der Waals surface area contributed by atoms with E-state index in [-0.39, 0.29) is 29.5 Å². The maximum Gasteiger partial charge on any atom is 0.320 e. The minimum atomic E-state index is -1.62. The molecule has 0 aliphatic carbocycles. The second-order valence-corrected chi connectivity index (χ2v) is 3.75. The maximum atomic E-state index is 10.7. The van der Waals surface area contributed by atoms with E-state index in [1.807, 2.05) is 6.92 Å². The maximum absolute atomic E-state index is 10.7. The van der Waals surface area contributed by atoms with Gasteiger partial charge in [0.2, 0.25) is 0 Å². The van der Waals surface area contributed by atoms with Gasteiger partial charge in [-0.05, 0) is 13.3 Å². The molecule has 0 atom stereocenters. The van der Waals surface area contributed by atoms with E-state index in [9.17, 15) is 9.59 Å². The largest absolute Gasteiger partial charge is 0.480 e. The van der Waals surface area contributed by atoms with E-state index < -0.39 is 17.4 Å². The molecule has 0 saturated heterocycles. The Morgan fingerprint density at radius 3 is 1.87 bits per heavy atom. The van der Waals surface area contributed by atoms with Crippen LogP contribution in [0.5, 0.6) is 0 Å². The Morgan fingerprint density at radius 2 is 1.53 bits per heavy atom. The molecule has 0 aromatic heterocycles. The normalized spacial score (nSPS) is 10.5. The summed E-state index contributed by atoms with van der Waals surface area (Å²) < 4.78 is 0. The van der Waals surface area contributed by atoms with Gasteiger partial charge in [-0.25, -0.2) is 0 Å². The second-order valence-electron chi connectivity index (χ2n) is 3.75. The molecule has 0 heterocycles. The average Bonchev–Trinajstić information content (AvgIpc) is 2.11. The van der Waals surface area contributed by atoms with Crippen LogP contribution >= 0.6 is 0 Å². The molecule has 0 saturated carbocycles. The first kappa shape index (κ1) is 17.1. The fraction of sp³-hybridized carbons (Fsp3) is 0.800. The molecule has 15 heavy (non-hydrogen) atoms. The first-order valence-corrected chi connectivity index (χ1v) is 4.92. The predicted molar refractivity (Wildman–Crippen MR) is 60.7 cm³/mol. The SMILES string of the molecule is CCCCCCC(C)(C(=O)O)C(=O)O.[MgH2]. The van der Waals surface area contributed by atoms with Gasteiger partial charge in [-0.2, -0.15) is 0 Å². The molecule has 0 aromatic rings. The minimum Gasteiger partial charge on any atom is -0.480 e. The molecule has 0 spiro atoms. The van der Waals surface area contributed by atoms with Crippen LogP contribution in [0.2, 0.25) is 0 Å². The summed E-state index contributed by atoms with van der Waals surface area (Å²) in [4.78, 5) is 21.5. The Bertz CT molecular complexity index is 201. The molecule has 5 heteroatoms. The van der Waals surface area contributed by atoms with Crippen LogP contribution in [0.4, 0.5) is 0 Å². The van der Waals surface area contributed by atoms with Crippen LogP contribution in [0, 0.1) is 5.41 Å². The minimum absolute atomic E-state index is 0. The Kier molecular flexibility index (Phi) is 9.04. The summed E-state index contributed by atoms with van der Waals surface area (Å²) in [7, 11) is 0. The van der Waals surface area contributed by atoms with Gasteiger partial charge in [0.05, 0.1) is 0 Å². The zero-order valence-corrected chi connectivity index (χ0v) is 8.75. The zero-order chi connectivity index (χ0) is 11.2. The van der Waals surface area contributed by atoms with Crippen LogP contribution in [-0.4, -0.2) is 45.2 Å². The zero-order valence-electron chi connectivity index (χ0n) is 8.75. The highest BCUT2D eigenvalue weighted by atomic mass is 24.3. The molecule has 2 N–H and O–H groups in total. The van der Waals surface area contributed by atoms with E-state index in [1.54, 1.807) is 0 Å². The lowest BCUT2D eigenvalue weighted by Crippen LogP contribution is -2.36. The first-order valence-electron chi connectivity index (χ1n) is 4.92. The topological polar surface area (TPSA) is 74.6 Å². The van der Waals surface area contributed by atoms with E-state index in [0.717, 1.165) is 19.3 Å². The van der Waals surface area contributed by atoms with Crippen molar-refractivity contribution in [1.29, 1.82) is 0 Å². The number of rotatable bonds is 7. The van der Waals surface area contributed by atoms with Crippen molar-refractivity contribution in [3.63, 3.8) is 0 Å². The van der Waals surface area contributed by atoms with Gasteiger partial charge in [0.15, 0.2) is 5.41 Å². The molecule has 0 unspecified atom stereocenters. The monoisotopic (exact) mass is 228 g/mol. The molecule has 0 rings (SSSR count). The smallest absolute Gasteiger partial charge is 0.320 e.